The SMILES string of the molecule is CC(=O)Nc1cc2cnc(C(=O)N[C@@H]3C[C@H]4CCN(C4)C3)cc2s1. The number of piperidine rings is 1. The molecule has 3 atom stereocenters. The Labute approximate surface area is 144 Å². The lowest BCUT2D eigenvalue weighted by Gasteiger charge is -2.30. The van der Waals surface area contributed by atoms with E-state index >= 15 is 0 Å². The molecule has 0 radical (unpaired) electrons. The van der Waals surface area contributed by atoms with Crippen LogP contribution in [0.15, 0.2) is 18.3 Å². The summed E-state index contributed by atoms with van der Waals surface area (Å²) in [6, 6.07) is 3.90. The van der Waals surface area contributed by atoms with E-state index in [1.807, 2.05) is 6.07 Å². The van der Waals surface area contributed by atoms with E-state index in [-0.39, 0.29) is 17.9 Å². The van der Waals surface area contributed by atoms with Crippen molar-refractivity contribution in [3.63, 3.8) is 0 Å². The van der Waals surface area contributed by atoms with Crippen LogP contribution < -0.4 is 10.6 Å². The van der Waals surface area contributed by atoms with Crippen molar-refractivity contribution in [2.45, 2.75) is 25.8 Å². The van der Waals surface area contributed by atoms with Crippen LogP contribution in [0.3, 0.4) is 0 Å². The normalized spacial score (nSPS) is 25.6. The van der Waals surface area contributed by atoms with Crippen molar-refractivity contribution < 1.29 is 9.59 Å². The molecule has 0 spiro atoms. The first-order valence-corrected chi connectivity index (χ1v) is 9.09. The highest BCUT2D eigenvalue weighted by molar-refractivity contribution is 7.23. The molecule has 2 aromatic heterocycles. The van der Waals surface area contributed by atoms with Gasteiger partial charge in [0.05, 0.1) is 5.00 Å². The fraction of sp³-hybridized carbons (Fsp3) is 0.471. The van der Waals surface area contributed by atoms with E-state index in [1.54, 1.807) is 12.3 Å². The minimum atomic E-state index is -0.112. The van der Waals surface area contributed by atoms with Crippen molar-refractivity contribution >= 4 is 38.2 Å². The molecule has 126 valence electrons. The van der Waals surface area contributed by atoms with Gasteiger partial charge in [0.25, 0.3) is 5.91 Å². The molecule has 2 saturated heterocycles. The van der Waals surface area contributed by atoms with Gasteiger partial charge in [0, 0.05) is 42.3 Å². The Bertz CT molecular complexity index is 791. The van der Waals surface area contributed by atoms with E-state index in [0.29, 0.717) is 5.69 Å². The number of carbonyl (C=O) groups is 2. The van der Waals surface area contributed by atoms with Crippen LogP contribution in [0.5, 0.6) is 0 Å². The molecule has 4 rings (SSSR count). The third kappa shape index (κ3) is 3.14. The number of hydrogen-bond acceptors (Lipinski definition) is 5. The number of hydrogen-bond donors (Lipinski definition) is 2. The van der Waals surface area contributed by atoms with Crippen LogP contribution in [0, 0.1) is 5.92 Å². The number of rotatable bonds is 3. The zero-order valence-corrected chi connectivity index (χ0v) is 14.4. The summed E-state index contributed by atoms with van der Waals surface area (Å²) in [6.07, 6.45) is 4.01. The summed E-state index contributed by atoms with van der Waals surface area (Å²) in [5.74, 6) is 0.505. The summed E-state index contributed by atoms with van der Waals surface area (Å²) in [7, 11) is 0. The van der Waals surface area contributed by atoms with Crippen LogP contribution >= 0.6 is 11.3 Å². The van der Waals surface area contributed by atoms with Crippen LogP contribution in [-0.2, 0) is 4.79 Å². The zero-order valence-electron chi connectivity index (χ0n) is 13.5. The molecule has 4 heterocycles. The highest BCUT2D eigenvalue weighted by atomic mass is 32.1. The predicted octanol–water partition coefficient (Wildman–Crippen LogP) is 2.08. The summed E-state index contributed by atoms with van der Waals surface area (Å²) in [4.78, 5) is 30.4. The number of nitrogens with one attached hydrogen (secondary N) is 2. The molecule has 2 aliphatic rings. The molecule has 2 N–H and O–H groups in total. The Balaban J connectivity index is 1.48. The number of aromatic nitrogens is 1. The summed E-state index contributed by atoms with van der Waals surface area (Å²) in [6.45, 7) is 4.76. The molecule has 0 saturated carbocycles. The smallest absolute Gasteiger partial charge is 0.270 e. The number of nitrogens with zero attached hydrogens (tertiary/aromatic N) is 2. The third-order valence-electron chi connectivity index (χ3n) is 4.74. The molecular formula is C17H20N4O2S. The molecule has 2 aliphatic heterocycles. The van der Waals surface area contributed by atoms with Gasteiger partial charge >= 0.3 is 0 Å². The fourth-order valence-corrected chi connectivity index (χ4v) is 4.73. The molecule has 2 fully saturated rings. The van der Waals surface area contributed by atoms with Gasteiger partial charge in [-0.05, 0) is 37.4 Å². The second kappa shape index (κ2) is 6.14. The number of carbonyl (C=O) groups excluding carboxylic acids is 2. The number of anilines is 1. The molecule has 7 heteroatoms. The minimum absolute atomic E-state index is 0.102. The first kappa shape index (κ1) is 15.5. The molecule has 2 bridgehead atoms. The number of pyridine rings is 1. The van der Waals surface area contributed by atoms with E-state index in [9.17, 15) is 9.59 Å². The Morgan fingerprint density at radius 3 is 3.00 bits per heavy atom. The van der Waals surface area contributed by atoms with E-state index in [4.69, 9.17) is 0 Å². The van der Waals surface area contributed by atoms with Gasteiger partial charge in [0.2, 0.25) is 5.91 Å². The Morgan fingerprint density at radius 2 is 2.21 bits per heavy atom. The first-order valence-electron chi connectivity index (χ1n) is 8.27. The zero-order chi connectivity index (χ0) is 16.7. The van der Waals surface area contributed by atoms with E-state index < -0.39 is 0 Å². The lowest BCUT2D eigenvalue weighted by molar-refractivity contribution is -0.114. The summed E-state index contributed by atoms with van der Waals surface area (Å²) in [5.41, 5.74) is 0.437. The lowest BCUT2D eigenvalue weighted by Crippen LogP contribution is -2.47. The minimum Gasteiger partial charge on any atom is -0.347 e. The van der Waals surface area contributed by atoms with Gasteiger partial charge in [0.15, 0.2) is 0 Å². The molecule has 24 heavy (non-hydrogen) atoms. The van der Waals surface area contributed by atoms with E-state index in [2.05, 4.69) is 20.5 Å². The van der Waals surface area contributed by atoms with Gasteiger partial charge in [-0.2, -0.15) is 0 Å². The standard InChI is InChI=1S/C17H20N4O2S/c1-10(22)19-16-5-12-7-18-14(6-15(12)24-16)17(23)20-13-4-11-2-3-21(8-11)9-13/h5-7,11,13H,2-4,8-9H2,1H3,(H,19,22)(H,20,23)/t11-,13-/m1/s1. The van der Waals surface area contributed by atoms with Crippen molar-refractivity contribution in [2.24, 2.45) is 5.92 Å². The number of fused-ring (bicyclic) bond motifs is 3. The van der Waals surface area contributed by atoms with Crippen molar-refractivity contribution in [2.75, 3.05) is 25.0 Å². The number of thiophene rings is 1. The fourth-order valence-electron chi connectivity index (χ4n) is 3.72. The maximum absolute atomic E-state index is 12.5. The van der Waals surface area contributed by atoms with Crippen LogP contribution in [0.4, 0.5) is 5.00 Å². The van der Waals surface area contributed by atoms with Crippen LogP contribution in [0.1, 0.15) is 30.3 Å². The van der Waals surface area contributed by atoms with Crippen LogP contribution in [0.25, 0.3) is 10.1 Å². The molecule has 0 aromatic carbocycles. The van der Waals surface area contributed by atoms with Gasteiger partial charge in [0.1, 0.15) is 5.69 Å². The predicted molar refractivity (Wildman–Crippen MR) is 94.3 cm³/mol. The highest BCUT2D eigenvalue weighted by Gasteiger charge is 2.33. The van der Waals surface area contributed by atoms with Crippen molar-refractivity contribution in [1.82, 2.24) is 15.2 Å². The molecular weight excluding hydrogens is 324 g/mol. The summed E-state index contributed by atoms with van der Waals surface area (Å²) >= 11 is 1.45. The van der Waals surface area contributed by atoms with E-state index in [0.717, 1.165) is 40.5 Å². The van der Waals surface area contributed by atoms with Crippen LogP contribution in [0.2, 0.25) is 0 Å². The Kier molecular flexibility index (Phi) is 3.97. The molecule has 2 amide bonds. The second-order valence-electron chi connectivity index (χ2n) is 6.72. The maximum Gasteiger partial charge on any atom is 0.270 e. The molecule has 2 aromatic rings. The van der Waals surface area contributed by atoms with Gasteiger partial charge in [-0.25, -0.2) is 0 Å². The average molecular weight is 344 g/mol. The highest BCUT2D eigenvalue weighted by Crippen LogP contribution is 2.30. The molecule has 0 aliphatic carbocycles. The van der Waals surface area contributed by atoms with Gasteiger partial charge < -0.3 is 15.5 Å². The van der Waals surface area contributed by atoms with Gasteiger partial charge in [-0.3, -0.25) is 14.6 Å². The summed E-state index contributed by atoms with van der Waals surface area (Å²) in [5, 5.41) is 7.61. The lowest BCUT2D eigenvalue weighted by atomic mass is 9.97. The second-order valence-corrected chi connectivity index (χ2v) is 7.80. The van der Waals surface area contributed by atoms with Crippen molar-refractivity contribution in [1.29, 1.82) is 0 Å². The van der Waals surface area contributed by atoms with Crippen LogP contribution in [-0.4, -0.2) is 47.4 Å². The number of amides is 2. The largest absolute Gasteiger partial charge is 0.347 e. The quantitative estimate of drug-likeness (QED) is 0.894. The maximum atomic E-state index is 12.5. The Morgan fingerprint density at radius 1 is 1.33 bits per heavy atom. The third-order valence-corrected chi connectivity index (χ3v) is 5.75. The van der Waals surface area contributed by atoms with Gasteiger partial charge in [-0.1, -0.05) is 0 Å². The Hall–Kier alpha value is -1.99. The molecule has 6 nitrogen and oxygen atoms in total. The first-order chi connectivity index (χ1) is 11.6. The molecule has 1 unspecified atom stereocenters. The topological polar surface area (TPSA) is 74.3 Å². The average Bonchev–Trinajstić information content (AvgIpc) is 3.07. The van der Waals surface area contributed by atoms with Gasteiger partial charge in [-0.15, -0.1) is 11.3 Å². The van der Waals surface area contributed by atoms with Crippen molar-refractivity contribution in [3.8, 4) is 0 Å². The van der Waals surface area contributed by atoms with E-state index in [1.165, 1.54) is 31.2 Å². The summed E-state index contributed by atoms with van der Waals surface area (Å²) < 4.78 is 0.950. The monoisotopic (exact) mass is 344 g/mol. The van der Waals surface area contributed by atoms with Crippen molar-refractivity contribution in [3.05, 3.63) is 24.0 Å².